The summed E-state index contributed by atoms with van der Waals surface area (Å²) < 4.78 is 0. The van der Waals surface area contributed by atoms with Crippen molar-refractivity contribution in [3.63, 3.8) is 0 Å². The Labute approximate surface area is 135 Å². The van der Waals surface area contributed by atoms with Gasteiger partial charge in [-0.1, -0.05) is 26.0 Å². The normalized spacial score (nSPS) is 12.0. The summed E-state index contributed by atoms with van der Waals surface area (Å²) in [7, 11) is -1.83. The number of carboxylic acid groups (broad SMARTS) is 1. The number of carbonyl (C=O) groups excluding carboxylic acids is 1. The first-order chi connectivity index (χ1) is 10.7. The zero-order valence-corrected chi connectivity index (χ0v) is 13.2. The van der Waals surface area contributed by atoms with Gasteiger partial charge < -0.3 is 25.6 Å². The Morgan fingerprint density at radius 2 is 1.91 bits per heavy atom. The van der Waals surface area contributed by atoms with Gasteiger partial charge in [0.1, 0.15) is 11.3 Å². The second-order valence-electron chi connectivity index (χ2n) is 5.84. The van der Waals surface area contributed by atoms with Crippen LogP contribution in [0.3, 0.4) is 0 Å². The van der Waals surface area contributed by atoms with Crippen LogP contribution in [0.5, 0.6) is 5.75 Å². The van der Waals surface area contributed by atoms with E-state index < -0.39 is 24.8 Å². The molecule has 126 valence electrons. The van der Waals surface area contributed by atoms with Crippen molar-refractivity contribution in [1.29, 1.82) is 0 Å². The van der Waals surface area contributed by atoms with Gasteiger partial charge in [-0.25, -0.2) is 4.79 Å². The molecule has 0 aromatic heterocycles. The fraction of sp³-hybridized carbons (Fsp3) is 0.467. The van der Waals surface area contributed by atoms with E-state index in [9.17, 15) is 24.7 Å². The summed E-state index contributed by atoms with van der Waals surface area (Å²) in [6, 6.07) is 4.16. The third kappa shape index (κ3) is 5.92. The molecule has 8 heteroatoms. The maximum absolute atomic E-state index is 11.8. The molecule has 7 nitrogen and oxygen atoms in total. The van der Waals surface area contributed by atoms with E-state index in [1.165, 1.54) is 18.2 Å². The first-order valence-electron chi connectivity index (χ1n) is 7.42. The van der Waals surface area contributed by atoms with Crippen molar-refractivity contribution in [3.05, 3.63) is 29.3 Å². The largest absolute Gasteiger partial charge is 0.507 e. The molecule has 0 aliphatic carbocycles. The fourth-order valence-electron chi connectivity index (χ4n) is 2.10. The van der Waals surface area contributed by atoms with Crippen LogP contribution < -0.4 is 5.32 Å². The standard InChI is InChI=1S/C15H22BNO6/c1-9(2)6-7-13(18)17-12(16(22)23)8-10-4-3-5-11(14(10)19)15(20)21/h3-5,9,12,19,22-23H,6-8H2,1-2H3,(H,17,18)(H,20,21)/t12-/m0/s1. The molecule has 0 unspecified atom stereocenters. The molecule has 0 fully saturated rings. The molecule has 1 aromatic rings. The van der Waals surface area contributed by atoms with E-state index in [1.807, 2.05) is 13.8 Å². The van der Waals surface area contributed by atoms with Crippen LogP contribution in [0.2, 0.25) is 0 Å². The summed E-state index contributed by atoms with van der Waals surface area (Å²) in [5, 5.41) is 40.2. The number of carbonyl (C=O) groups is 2. The summed E-state index contributed by atoms with van der Waals surface area (Å²) in [6.45, 7) is 3.95. The minimum Gasteiger partial charge on any atom is -0.507 e. The number of hydrogen-bond donors (Lipinski definition) is 5. The van der Waals surface area contributed by atoms with Gasteiger partial charge in [0.25, 0.3) is 0 Å². The predicted molar refractivity (Wildman–Crippen MR) is 85.0 cm³/mol. The smallest absolute Gasteiger partial charge is 0.475 e. The molecule has 0 aliphatic heterocycles. The zero-order valence-electron chi connectivity index (χ0n) is 13.2. The van der Waals surface area contributed by atoms with Crippen LogP contribution in [-0.4, -0.2) is 45.2 Å². The number of hydrogen-bond acceptors (Lipinski definition) is 5. The number of phenols is 1. The average Bonchev–Trinajstić information content (AvgIpc) is 2.45. The van der Waals surface area contributed by atoms with Crippen molar-refractivity contribution in [2.75, 3.05) is 0 Å². The molecule has 23 heavy (non-hydrogen) atoms. The lowest BCUT2D eigenvalue weighted by Crippen LogP contribution is -2.47. The Balaban J connectivity index is 2.83. The van der Waals surface area contributed by atoms with Crippen LogP contribution in [0.15, 0.2) is 18.2 Å². The lowest BCUT2D eigenvalue weighted by atomic mass is 9.75. The van der Waals surface area contributed by atoms with E-state index in [0.29, 0.717) is 12.3 Å². The SMILES string of the molecule is CC(C)CCC(=O)N[C@@H](Cc1cccc(C(=O)O)c1O)B(O)O. The van der Waals surface area contributed by atoms with Gasteiger partial charge in [-0.3, -0.25) is 4.79 Å². The highest BCUT2D eigenvalue weighted by Gasteiger charge is 2.27. The van der Waals surface area contributed by atoms with Gasteiger partial charge in [0.2, 0.25) is 5.91 Å². The minimum atomic E-state index is -1.83. The van der Waals surface area contributed by atoms with Crippen molar-refractivity contribution in [2.45, 2.75) is 39.1 Å². The quantitative estimate of drug-likeness (QED) is 0.445. The van der Waals surface area contributed by atoms with Gasteiger partial charge in [-0.05, 0) is 30.4 Å². The van der Waals surface area contributed by atoms with E-state index in [2.05, 4.69) is 5.32 Å². The number of carboxylic acids is 1. The van der Waals surface area contributed by atoms with Gasteiger partial charge >= 0.3 is 13.1 Å². The molecule has 1 aromatic carbocycles. The lowest BCUT2D eigenvalue weighted by molar-refractivity contribution is -0.121. The van der Waals surface area contributed by atoms with Crippen LogP contribution >= 0.6 is 0 Å². The van der Waals surface area contributed by atoms with Gasteiger partial charge in [0.05, 0.1) is 5.94 Å². The van der Waals surface area contributed by atoms with Crippen molar-refractivity contribution in [1.82, 2.24) is 5.32 Å². The zero-order chi connectivity index (χ0) is 17.6. The van der Waals surface area contributed by atoms with Gasteiger partial charge in [-0.15, -0.1) is 0 Å². The third-order valence-corrected chi connectivity index (χ3v) is 3.44. The average molecular weight is 323 g/mol. The number of rotatable bonds is 8. The molecule has 1 amide bonds. The fourth-order valence-corrected chi connectivity index (χ4v) is 2.10. The maximum atomic E-state index is 11.8. The third-order valence-electron chi connectivity index (χ3n) is 3.44. The molecular formula is C15H22BNO6. The van der Waals surface area contributed by atoms with Crippen LogP contribution in [0.4, 0.5) is 0 Å². The monoisotopic (exact) mass is 323 g/mol. The lowest BCUT2D eigenvalue weighted by Gasteiger charge is -2.19. The molecule has 1 rings (SSSR count). The Morgan fingerprint density at radius 3 is 2.43 bits per heavy atom. The molecule has 0 heterocycles. The van der Waals surface area contributed by atoms with Gasteiger partial charge in [-0.2, -0.15) is 0 Å². The van der Waals surface area contributed by atoms with E-state index >= 15 is 0 Å². The predicted octanol–water partition coefficient (Wildman–Crippen LogP) is 0.566. The topological polar surface area (TPSA) is 127 Å². The molecule has 0 radical (unpaired) electrons. The molecule has 0 spiro atoms. The van der Waals surface area contributed by atoms with Gasteiger partial charge in [0, 0.05) is 6.42 Å². The summed E-state index contributed by atoms with van der Waals surface area (Å²) in [4.78, 5) is 22.8. The summed E-state index contributed by atoms with van der Waals surface area (Å²) in [5.41, 5.74) is -0.0630. The van der Waals surface area contributed by atoms with E-state index in [-0.39, 0.29) is 29.9 Å². The number of para-hydroxylation sites is 1. The molecule has 0 saturated heterocycles. The molecule has 0 saturated carbocycles. The highest BCUT2D eigenvalue weighted by Crippen LogP contribution is 2.24. The number of amides is 1. The summed E-state index contributed by atoms with van der Waals surface area (Å²) in [6.07, 6.45) is 0.819. The molecule has 0 aliphatic rings. The van der Waals surface area contributed by atoms with E-state index in [0.717, 1.165) is 0 Å². The second kappa shape index (κ2) is 8.54. The van der Waals surface area contributed by atoms with Gasteiger partial charge in [0.15, 0.2) is 0 Å². The number of aromatic hydroxyl groups is 1. The van der Waals surface area contributed by atoms with E-state index in [1.54, 1.807) is 0 Å². The van der Waals surface area contributed by atoms with Crippen molar-refractivity contribution >= 4 is 19.0 Å². The number of benzene rings is 1. The highest BCUT2D eigenvalue weighted by molar-refractivity contribution is 6.43. The van der Waals surface area contributed by atoms with Crippen molar-refractivity contribution in [3.8, 4) is 5.75 Å². The molecular weight excluding hydrogens is 301 g/mol. The summed E-state index contributed by atoms with van der Waals surface area (Å²) >= 11 is 0. The Bertz CT molecular complexity index is 561. The second-order valence-corrected chi connectivity index (χ2v) is 5.84. The number of nitrogens with one attached hydrogen (secondary N) is 1. The first kappa shape index (κ1) is 19.0. The summed E-state index contributed by atoms with van der Waals surface area (Å²) in [5.74, 6) is -2.75. The van der Waals surface area contributed by atoms with Crippen molar-refractivity contribution in [2.24, 2.45) is 5.92 Å². The Hall–Kier alpha value is -2.06. The maximum Gasteiger partial charge on any atom is 0.475 e. The van der Waals surface area contributed by atoms with E-state index in [4.69, 9.17) is 5.11 Å². The van der Waals surface area contributed by atoms with Crippen LogP contribution in [0.1, 0.15) is 42.6 Å². The highest BCUT2D eigenvalue weighted by atomic mass is 16.4. The van der Waals surface area contributed by atoms with Crippen LogP contribution in [0, 0.1) is 5.92 Å². The van der Waals surface area contributed by atoms with Crippen molar-refractivity contribution < 1.29 is 29.9 Å². The minimum absolute atomic E-state index is 0.0992. The Morgan fingerprint density at radius 1 is 1.26 bits per heavy atom. The molecule has 5 N–H and O–H groups in total. The number of aromatic carboxylic acids is 1. The Kier molecular flexibility index (Phi) is 7.06. The first-order valence-corrected chi connectivity index (χ1v) is 7.42. The van der Waals surface area contributed by atoms with Crippen LogP contribution in [-0.2, 0) is 11.2 Å². The molecule has 1 atom stereocenters. The van der Waals surface area contributed by atoms with Crippen LogP contribution in [0.25, 0.3) is 0 Å². The molecule has 0 bridgehead atoms.